The normalized spacial score (nSPS) is 11.1. The van der Waals surface area contributed by atoms with Gasteiger partial charge in [0.25, 0.3) is 5.91 Å². The van der Waals surface area contributed by atoms with Gasteiger partial charge in [-0.05, 0) is 36.4 Å². The second-order valence-electron chi connectivity index (χ2n) is 4.49. The maximum atomic E-state index is 13.5. The molecule has 2 rings (SSSR count). The van der Waals surface area contributed by atoms with Crippen molar-refractivity contribution < 1.29 is 26.7 Å². The van der Waals surface area contributed by atoms with Gasteiger partial charge in [-0.1, -0.05) is 0 Å². The van der Waals surface area contributed by atoms with E-state index in [4.69, 9.17) is 9.88 Å². The minimum Gasteiger partial charge on any atom is -0.495 e. The highest BCUT2D eigenvalue weighted by molar-refractivity contribution is 7.89. The van der Waals surface area contributed by atoms with Gasteiger partial charge in [-0.3, -0.25) is 4.79 Å². The zero-order chi connectivity index (χ0) is 17.2. The Bertz CT molecular complexity index is 869. The van der Waals surface area contributed by atoms with Gasteiger partial charge in [0.05, 0.1) is 12.7 Å². The highest BCUT2D eigenvalue weighted by Gasteiger charge is 2.18. The first-order valence-electron chi connectivity index (χ1n) is 6.19. The molecule has 0 unspecified atom stereocenters. The molecule has 2 aromatic carbocycles. The monoisotopic (exact) mass is 342 g/mol. The number of nitrogens with two attached hydrogens (primary N) is 1. The van der Waals surface area contributed by atoms with Crippen LogP contribution in [0.25, 0.3) is 0 Å². The van der Waals surface area contributed by atoms with Crippen LogP contribution in [0.2, 0.25) is 0 Å². The standard InChI is InChI=1S/C14H12F2N2O4S/c1-22-12-5-3-9(7-13(12)23(17,20)21)18-14(19)10-6-8(15)2-4-11(10)16/h2-7H,1H3,(H,18,19)(H2,17,20,21). The predicted molar refractivity (Wildman–Crippen MR) is 78.7 cm³/mol. The van der Waals surface area contributed by atoms with Crippen molar-refractivity contribution in [3.63, 3.8) is 0 Å². The number of carbonyl (C=O) groups excluding carboxylic acids is 1. The molecule has 6 nitrogen and oxygen atoms in total. The summed E-state index contributed by atoms with van der Waals surface area (Å²) in [4.78, 5) is 11.6. The van der Waals surface area contributed by atoms with Crippen LogP contribution in [0.5, 0.6) is 5.75 Å². The fourth-order valence-corrected chi connectivity index (χ4v) is 2.57. The molecule has 0 radical (unpaired) electrons. The number of anilines is 1. The van der Waals surface area contributed by atoms with E-state index in [0.29, 0.717) is 0 Å². The molecule has 0 heterocycles. The largest absolute Gasteiger partial charge is 0.495 e. The number of sulfonamides is 1. The van der Waals surface area contributed by atoms with Crippen molar-refractivity contribution in [2.45, 2.75) is 4.90 Å². The third kappa shape index (κ3) is 3.82. The summed E-state index contributed by atoms with van der Waals surface area (Å²) in [6, 6.07) is 6.09. The average molecular weight is 342 g/mol. The fourth-order valence-electron chi connectivity index (χ4n) is 1.85. The number of hydrogen-bond acceptors (Lipinski definition) is 4. The lowest BCUT2D eigenvalue weighted by Crippen LogP contribution is -2.16. The molecule has 0 aliphatic rings. The molecule has 3 N–H and O–H groups in total. The quantitative estimate of drug-likeness (QED) is 0.886. The van der Waals surface area contributed by atoms with Crippen LogP contribution >= 0.6 is 0 Å². The molecular weight excluding hydrogens is 330 g/mol. The molecule has 0 saturated heterocycles. The van der Waals surface area contributed by atoms with Gasteiger partial charge in [0.1, 0.15) is 22.3 Å². The summed E-state index contributed by atoms with van der Waals surface area (Å²) in [6.45, 7) is 0. The van der Waals surface area contributed by atoms with Gasteiger partial charge in [0.2, 0.25) is 10.0 Å². The average Bonchev–Trinajstić information content (AvgIpc) is 2.48. The van der Waals surface area contributed by atoms with Gasteiger partial charge < -0.3 is 10.1 Å². The lowest BCUT2D eigenvalue weighted by atomic mass is 10.2. The molecule has 2 aromatic rings. The summed E-state index contributed by atoms with van der Waals surface area (Å²) >= 11 is 0. The fraction of sp³-hybridized carbons (Fsp3) is 0.0714. The summed E-state index contributed by atoms with van der Waals surface area (Å²) in [5, 5.41) is 7.33. The Morgan fingerprint density at radius 2 is 1.87 bits per heavy atom. The van der Waals surface area contributed by atoms with E-state index >= 15 is 0 Å². The number of hydrogen-bond donors (Lipinski definition) is 2. The number of amides is 1. The summed E-state index contributed by atoms with van der Waals surface area (Å²) in [7, 11) is -2.84. The SMILES string of the molecule is COc1ccc(NC(=O)c2cc(F)ccc2F)cc1S(N)(=O)=O. The van der Waals surface area contributed by atoms with Crippen molar-refractivity contribution in [1.29, 1.82) is 0 Å². The smallest absolute Gasteiger partial charge is 0.258 e. The van der Waals surface area contributed by atoms with Crippen LogP contribution in [0.1, 0.15) is 10.4 Å². The molecule has 9 heteroatoms. The third-order valence-electron chi connectivity index (χ3n) is 2.90. The number of ether oxygens (including phenoxy) is 1. The number of rotatable bonds is 4. The Morgan fingerprint density at radius 3 is 2.48 bits per heavy atom. The molecular formula is C14H12F2N2O4S. The van der Waals surface area contributed by atoms with E-state index in [1.165, 1.54) is 19.2 Å². The van der Waals surface area contributed by atoms with E-state index in [9.17, 15) is 22.0 Å². The number of nitrogens with one attached hydrogen (secondary N) is 1. The third-order valence-corrected chi connectivity index (χ3v) is 3.83. The van der Waals surface area contributed by atoms with Crippen LogP contribution in [0, 0.1) is 11.6 Å². The minimum atomic E-state index is -4.09. The lowest BCUT2D eigenvalue weighted by Gasteiger charge is -2.10. The van der Waals surface area contributed by atoms with Crippen molar-refractivity contribution in [1.82, 2.24) is 0 Å². The topological polar surface area (TPSA) is 98.5 Å². The van der Waals surface area contributed by atoms with Gasteiger partial charge in [0.15, 0.2) is 0 Å². The molecule has 0 atom stereocenters. The van der Waals surface area contributed by atoms with E-state index in [-0.39, 0.29) is 16.3 Å². The van der Waals surface area contributed by atoms with Crippen molar-refractivity contribution in [2.75, 3.05) is 12.4 Å². The van der Waals surface area contributed by atoms with Crippen molar-refractivity contribution in [3.05, 3.63) is 53.6 Å². The van der Waals surface area contributed by atoms with E-state index < -0.39 is 33.1 Å². The number of carbonyl (C=O) groups is 1. The van der Waals surface area contributed by atoms with Crippen LogP contribution in [0.15, 0.2) is 41.3 Å². The maximum absolute atomic E-state index is 13.5. The van der Waals surface area contributed by atoms with Crippen LogP contribution < -0.4 is 15.2 Å². The van der Waals surface area contributed by atoms with Crippen LogP contribution in [0.4, 0.5) is 14.5 Å². The zero-order valence-corrected chi connectivity index (χ0v) is 12.7. The van der Waals surface area contributed by atoms with Gasteiger partial charge in [-0.2, -0.15) is 0 Å². The summed E-state index contributed by atoms with van der Waals surface area (Å²) < 4.78 is 54.5. The Kier molecular flexibility index (Phi) is 4.62. The second-order valence-corrected chi connectivity index (χ2v) is 6.02. The highest BCUT2D eigenvalue weighted by Crippen LogP contribution is 2.26. The second kappa shape index (κ2) is 6.31. The van der Waals surface area contributed by atoms with E-state index in [2.05, 4.69) is 5.32 Å². The van der Waals surface area contributed by atoms with E-state index in [1.54, 1.807) is 0 Å². The van der Waals surface area contributed by atoms with Crippen LogP contribution in [-0.4, -0.2) is 21.4 Å². The number of methoxy groups -OCH3 is 1. The molecule has 0 spiro atoms. The Labute approximate surface area is 130 Å². The number of primary sulfonamides is 1. The Hall–Kier alpha value is -2.52. The maximum Gasteiger partial charge on any atom is 0.258 e. The molecule has 0 aromatic heterocycles. The van der Waals surface area contributed by atoms with E-state index in [1.807, 2.05) is 0 Å². The number of halogens is 2. The first kappa shape index (κ1) is 16.8. The molecule has 0 aliphatic carbocycles. The van der Waals surface area contributed by atoms with Gasteiger partial charge in [-0.25, -0.2) is 22.3 Å². The number of benzene rings is 2. The van der Waals surface area contributed by atoms with Crippen molar-refractivity contribution in [3.8, 4) is 5.75 Å². The van der Waals surface area contributed by atoms with Crippen LogP contribution in [0.3, 0.4) is 0 Å². The molecule has 122 valence electrons. The lowest BCUT2D eigenvalue weighted by molar-refractivity contribution is 0.102. The molecule has 0 aliphatic heterocycles. The molecule has 0 bridgehead atoms. The first-order valence-corrected chi connectivity index (χ1v) is 7.74. The van der Waals surface area contributed by atoms with Crippen molar-refractivity contribution in [2.24, 2.45) is 5.14 Å². The molecule has 0 fully saturated rings. The van der Waals surface area contributed by atoms with Gasteiger partial charge in [0, 0.05) is 5.69 Å². The van der Waals surface area contributed by atoms with Crippen molar-refractivity contribution >= 4 is 21.6 Å². The Morgan fingerprint density at radius 1 is 1.17 bits per heavy atom. The van der Waals surface area contributed by atoms with Gasteiger partial charge >= 0.3 is 0 Å². The molecule has 1 amide bonds. The predicted octanol–water partition coefficient (Wildman–Crippen LogP) is 1.87. The summed E-state index contributed by atoms with van der Waals surface area (Å²) in [5.74, 6) is -2.64. The Balaban J connectivity index is 2.37. The molecule has 23 heavy (non-hydrogen) atoms. The highest BCUT2D eigenvalue weighted by atomic mass is 32.2. The molecule has 0 saturated carbocycles. The first-order chi connectivity index (χ1) is 10.7. The summed E-state index contributed by atoms with van der Waals surface area (Å²) in [6.07, 6.45) is 0. The zero-order valence-electron chi connectivity index (χ0n) is 11.8. The van der Waals surface area contributed by atoms with Gasteiger partial charge in [-0.15, -0.1) is 0 Å². The van der Waals surface area contributed by atoms with Crippen LogP contribution in [-0.2, 0) is 10.0 Å². The minimum absolute atomic E-state index is 0.0116. The summed E-state index contributed by atoms with van der Waals surface area (Å²) in [5.41, 5.74) is -0.485. The van der Waals surface area contributed by atoms with E-state index in [0.717, 1.165) is 24.3 Å².